The van der Waals surface area contributed by atoms with Gasteiger partial charge in [0.2, 0.25) is 0 Å². The average Bonchev–Trinajstić information content (AvgIpc) is 2.47. The minimum absolute atomic E-state index is 0.155. The second kappa shape index (κ2) is 5.90. The third-order valence-electron chi connectivity index (χ3n) is 3.62. The zero-order valence-electron chi connectivity index (χ0n) is 12.9. The Labute approximate surface area is 125 Å². The second-order valence-electron chi connectivity index (χ2n) is 5.73. The van der Waals surface area contributed by atoms with Gasteiger partial charge in [0.05, 0.1) is 24.8 Å². The van der Waals surface area contributed by atoms with Gasteiger partial charge in [-0.3, -0.25) is 4.98 Å². The number of rotatable bonds is 3. The molecule has 2 heterocycles. The monoisotopic (exact) mass is 286 g/mol. The van der Waals surface area contributed by atoms with Gasteiger partial charge in [0.25, 0.3) is 0 Å². The Morgan fingerprint density at radius 3 is 2.67 bits per heavy atom. The third-order valence-corrected chi connectivity index (χ3v) is 3.62. The molecule has 0 unspecified atom stereocenters. The summed E-state index contributed by atoms with van der Waals surface area (Å²) in [5.74, 6) is 0.919. The maximum atomic E-state index is 5.97. The minimum Gasteiger partial charge on any atom is -0.490 e. The second-order valence-corrected chi connectivity index (χ2v) is 5.73. The normalized spacial score (nSPS) is 15.7. The van der Waals surface area contributed by atoms with Crippen LogP contribution >= 0.6 is 0 Å². The van der Waals surface area contributed by atoms with Crippen molar-refractivity contribution in [2.24, 2.45) is 0 Å². The van der Waals surface area contributed by atoms with Crippen molar-refractivity contribution in [3.8, 4) is 5.75 Å². The van der Waals surface area contributed by atoms with Crippen LogP contribution in [0.2, 0.25) is 0 Å². The number of fused-ring (bicyclic) bond motifs is 1. The standard InChI is InChI=1S/C17H22N2O2/c1-12(2)21-17-10-13(3)18-16-5-4-14(11-15(16)17)19-6-8-20-9-7-19/h4-5,10-12H,6-9H2,1-3H3. The maximum absolute atomic E-state index is 5.97. The van der Waals surface area contributed by atoms with E-state index in [9.17, 15) is 0 Å². The summed E-state index contributed by atoms with van der Waals surface area (Å²) in [6, 6.07) is 8.43. The molecular weight excluding hydrogens is 264 g/mol. The van der Waals surface area contributed by atoms with Crippen LogP contribution in [0.3, 0.4) is 0 Å². The number of benzene rings is 1. The molecule has 1 fully saturated rings. The van der Waals surface area contributed by atoms with Gasteiger partial charge in [-0.25, -0.2) is 0 Å². The fourth-order valence-corrected chi connectivity index (χ4v) is 2.68. The van der Waals surface area contributed by atoms with Gasteiger partial charge < -0.3 is 14.4 Å². The van der Waals surface area contributed by atoms with E-state index in [0.29, 0.717) is 0 Å². The van der Waals surface area contributed by atoms with E-state index in [2.05, 4.69) is 28.1 Å². The van der Waals surface area contributed by atoms with Crippen molar-refractivity contribution in [2.75, 3.05) is 31.2 Å². The first kappa shape index (κ1) is 14.1. The van der Waals surface area contributed by atoms with Gasteiger partial charge >= 0.3 is 0 Å². The summed E-state index contributed by atoms with van der Waals surface area (Å²) in [4.78, 5) is 6.96. The number of nitrogens with zero attached hydrogens (tertiary/aromatic N) is 2. The van der Waals surface area contributed by atoms with Crippen LogP contribution in [0.15, 0.2) is 24.3 Å². The van der Waals surface area contributed by atoms with E-state index in [0.717, 1.165) is 48.6 Å². The molecule has 112 valence electrons. The van der Waals surface area contributed by atoms with Crippen molar-refractivity contribution >= 4 is 16.6 Å². The summed E-state index contributed by atoms with van der Waals surface area (Å²) in [7, 11) is 0. The largest absolute Gasteiger partial charge is 0.490 e. The van der Waals surface area contributed by atoms with Gasteiger partial charge in [-0.1, -0.05) is 0 Å². The van der Waals surface area contributed by atoms with Crippen LogP contribution in [0, 0.1) is 6.92 Å². The first-order valence-corrected chi connectivity index (χ1v) is 7.54. The number of hydrogen-bond acceptors (Lipinski definition) is 4. The topological polar surface area (TPSA) is 34.6 Å². The molecule has 21 heavy (non-hydrogen) atoms. The molecule has 0 spiro atoms. The molecule has 3 rings (SSSR count). The lowest BCUT2D eigenvalue weighted by atomic mass is 10.1. The Kier molecular flexibility index (Phi) is 3.97. The third kappa shape index (κ3) is 3.10. The highest BCUT2D eigenvalue weighted by Gasteiger charge is 2.14. The number of ether oxygens (including phenoxy) is 2. The van der Waals surface area contributed by atoms with Crippen LogP contribution < -0.4 is 9.64 Å². The molecule has 1 aromatic heterocycles. The Morgan fingerprint density at radius 1 is 1.19 bits per heavy atom. The van der Waals surface area contributed by atoms with E-state index >= 15 is 0 Å². The number of anilines is 1. The van der Waals surface area contributed by atoms with Crippen LogP contribution in [0.25, 0.3) is 10.9 Å². The summed E-state index contributed by atoms with van der Waals surface area (Å²) < 4.78 is 11.4. The number of aromatic nitrogens is 1. The quantitative estimate of drug-likeness (QED) is 0.868. The highest BCUT2D eigenvalue weighted by atomic mass is 16.5. The number of morpholine rings is 1. The fraction of sp³-hybridized carbons (Fsp3) is 0.471. The lowest BCUT2D eigenvalue weighted by Gasteiger charge is -2.29. The van der Waals surface area contributed by atoms with Gasteiger partial charge in [0, 0.05) is 35.9 Å². The first-order valence-electron chi connectivity index (χ1n) is 7.54. The van der Waals surface area contributed by atoms with Crippen molar-refractivity contribution in [3.63, 3.8) is 0 Å². The molecule has 1 aromatic carbocycles. The van der Waals surface area contributed by atoms with Crippen molar-refractivity contribution < 1.29 is 9.47 Å². The number of hydrogen-bond donors (Lipinski definition) is 0. The molecule has 4 heteroatoms. The lowest BCUT2D eigenvalue weighted by molar-refractivity contribution is 0.122. The van der Waals surface area contributed by atoms with Gasteiger partial charge in [-0.2, -0.15) is 0 Å². The SMILES string of the molecule is Cc1cc(OC(C)C)c2cc(N3CCOCC3)ccc2n1. The van der Waals surface area contributed by atoms with Crippen molar-refractivity contribution in [1.82, 2.24) is 4.98 Å². The van der Waals surface area contributed by atoms with Crippen molar-refractivity contribution in [1.29, 1.82) is 0 Å². The highest BCUT2D eigenvalue weighted by Crippen LogP contribution is 2.30. The summed E-state index contributed by atoms with van der Waals surface area (Å²) >= 11 is 0. The van der Waals surface area contributed by atoms with Crippen LogP contribution in [0.5, 0.6) is 5.75 Å². The van der Waals surface area contributed by atoms with Crippen molar-refractivity contribution in [3.05, 3.63) is 30.0 Å². The molecule has 1 saturated heterocycles. The zero-order chi connectivity index (χ0) is 14.8. The molecule has 0 bridgehead atoms. The number of aryl methyl sites for hydroxylation is 1. The van der Waals surface area contributed by atoms with E-state index in [4.69, 9.17) is 9.47 Å². The minimum atomic E-state index is 0.155. The Balaban J connectivity index is 2.03. The predicted octanol–water partition coefficient (Wildman–Crippen LogP) is 3.17. The molecule has 0 atom stereocenters. The molecular formula is C17H22N2O2. The van der Waals surface area contributed by atoms with E-state index < -0.39 is 0 Å². The Hall–Kier alpha value is -1.81. The maximum Gasteiger partial charge on any atom is 0.130 e. The summed E-state index contributed by atoms with van der Waals surface area (Å²) in [6.45, 7) is 9.55. The Morgan fingerprint density at radius 2 is 1.95 bits per heavy atom. The van der Waals surface area contributed by atoms with E-state index in [1.54, 1.807) is 0 Å². The van der Waals surface area contributed by atoms with Crippen LogP contribution in [-0.4, -0.2) is 37.4 Å². The molecule has 1 aliphatic heterocycles. The molecule has 0 amide bonds. The molecule has 0 radical (unpaired) electrons. The molecule has 1 aliphatic rings. The summed E-state index contributed by atoms with van der Waals surface area (Å²) in [6.07, 6.45) is 0.155. The summed E-state index contributed by atoms with van der Waals surface area (Å²) in [5.41, 5.74) is 3.19. The molecule has 4 nitrogen and oxygen atoms in total. The number of pyridine rings is 1. The molecule has 0 N–H and O–H groups in total. The average molecular weight is 286 g/mol. The van der Waals surface area contributed by atoms with Gasteiger partial charge in [-0.05, 0) is 39.0 Å². The summed E-state index contributed by atoms with van der Waals surface area (Å²) in [5, 5.41) is 1.08. The fourth-order valence-electron chi connectivity index (χ4n) is 2.68. The predicted molar refractivity (Wildman–Crippen MR) is 85.3 cm³/mol. The zero-order valence-corrected chi connectivity index (χ0v) is 12.9. The van der Waals surface area contributed by atoms with Crippen LogP contribution in [-0.2, 0) is 4.74 Å². The lowest BCUT2D eigenvalue weighted by Crippen LogP contribution is -2.36. The smallest absolute Gasteiger partial charge is 0.130 e. The first-order chi connectivity index (χ1) is 10.1. The highest BCUT2D eigenvalue weighted by molar-refractivity contribution is 5.88. The van der Waals surface area contributed by atoms with Crippen LogP contribution in [0.4, 0.5) is 5.69 Å². The van der Waals surface area contributed by atoms with Gasteiger partial charge in [0.15, 0.2) is 0 Å². The van der Waals surface area contributed by atoms with E-state index in [1.807, 2.05) is 26.8 Å². The van der Waals surface area contributed by atoms with Crippen molar-refractivity contribution in [2.45, 2.75) is 26.9 Å². The van der Waals surface area contributed by atoms with Gasteiger partial charge in [-0.15, -0.1) is 0 Å². The molecule has 0 saturated carbocycles. The van der Waals surface area contributed by atoms with E-state index in [-0.39, 0.29) is 6.10 Å². The van der Waals surface area contributed by atoms with Gasteiger partial charge in [0.1, 0.15) is 5.75 Å². The Bertz CT molecular complexity index is 634. The van der Waals surface area contributed by atoms with E-state index in [1.165, 1.54) is 5.69 Å². The molecule has 0 aliphatic carbocycles. The van der Waals surface area contributed by atoms with Crippen LogP contribution in [0.1, 0.15) is 19.5 Å². The molecule has 2 aromatic rings.